The number of carboxylic acid groups (broad SMARTS) is 1. The van der Waals surface area contributed by atoms with Crippen molar-refractivity contribution in [3.63, 3.8) is 0 Å². The second-order valence-corrected chi connectivity index (χ2v) is 3.87. The van der Waals surface area contributed by atoms with Gasteiger partial charge in [0.15, 0.2) is 0 Å². The van der Waals surface area contributed by atoms with Crippen molar-refractivity contribution in [3.05, 3.63) is 29.8 Å². The molecule has 3 N–H and O–H groups in total. The first-order valence-electron chi connectivity index (χ1n) is 4.95. The number of benzene rings is 1. The zero-order valence-corrected chi connectivity index (χ0v) is 9.85. The predicted molar refractivity (Wildman–Crippen MR) is 64.9 cm³/mol. The number of aliphatic carboxylic acids is 1. The molecule has 0 spiro atoms. The standard InChI is InChI=1S/C11H15NO3S/c1-2-15-8-5-3-7(4-6-8)10(16)9(12)11(13)14/h3-6,9-10,16H,2,12H2,1H3,(H,13,14). The lowest BCUT2D eigenvalue weighted by molar-refractivity contribution is -0.138. The minimum absolute atomic E-state index is 0.520. The molecule has 1 aromatic rings. The highest BCUT2D eigenvalue weighted by molar-refractivity contribution is 7.80. The van der Waals surface area contributed by atoms with E-state index in [4.69, 9.17) is 15.6 Å². The first-order valence-corrected chi connectivity index (χ1v) is 5.47. The summed E-state index contributed by atoms with van der Waals surface area (Å²) in [5.74, 6) is -0.315. The number of carboxylic acids is 1. The Hall–Kier alpha value is -1.20. The summed E-state index contributed by atoms with van der Waals surface area (Å²) >= 11 is 4.19. The SMILES string of the molecule is CCOc1ccc(C(S)C(N)C(=O)O)cc1. The minimum Gasteiger partial charge on any atom is -0.494 e. The van der Waals surface area contributed by atoms with Crippen LogP contribution in [0.2, 0.25) is 0 Å². The topological polar surface area (TPSA) is 72.5 Å². The minimum atomic E-state index is -1.06. The Morgan fingerprint density at radius 3 is 2.50 bits per heavy atom. The molecule has 0 aliphatic carbocycles. The Morgan fingerprint density at radius 1 is 1.50 bits per heavy atom. The Balaban J connectivity index is 2.77. The third-order valence-corrected chi connectivity index (χ3v) is 2.78. The fraction of sp³-hybridized carbons (Fsp3) is 0.364. The lowest BCUT2D eigenvalue weighted by Gasteiger charge is -2.15. The van der Waals surface area contributed by atoms with Gasteiger partial charge in [-0.05, 0) is 24.6 Å². The van der Waals surface area contributed by atoms with Crippen molar-refractivity contribution in [2.45, 2.75) is 18.2 Å². The molecule has 0 saturated heterocycles. The van der Waals surface area contributed by atoms with Crippen molar-refractivity contribution in [1.29, 1.82) is 0 Å². The number of rotatable bonds is 5. The Labute approximate surface area is 99.8 Å². The zero-order valence-electron chi connectivity index (χ0n) is 8.96. The van der Waals surface area contributed by atoms with Crippen LogP contribution in [0.25, 0.3) is 0 Å². The van der Waals surface area contributed by atoms with Crippen molar-refractivity contribution < 1.29 is 14.6 Å². The zero-order chi connectivity index (χ0) is 12.1. The molecule has 0 radical (unpaired) electrons. The molecule has 1 aromatic carbocycles. The van der Waals surface area contributed by atoms with Crippen molar-refractivity contribution in [2.24, 2.45) is 5.73 Å². The van der Waals surface area contributed by atoms with Gasteiger partial charge in [0.1, 0.15) is 11.8 Å². The van der Waals surface area contributed by atoms with Gasteiger partial charge >= 0.3 is 5.97 Å². The van der Waals surface area contributed by atoms with Crippen LogP contribution >= 0.6 is 12.6 Å². The van der Waals surface area contributed by atoms with E-state index in [9.17, 15) is 4.79 Å². The molecule has 5 heteroatoms. The van der Waals surface area contributed by atoms with E-state index in [2.05, 4.69) is 12.6 Å². The molecule has 4 nitrogen and oxygen atoms in total. The van der Waals surface area contributed by atoms with Gasteiger partial charge in [-0.3, -0.25) is 4.79 Å². The van der Waals surface area contributed by atoms with Gasteiger partial charge in [0, 0.05) is 0 Å². The molecular formula is C11H15NO3S. The van der Waals surface area contributed by atoms with E-state index in [1.807, 2.05) is 6.92 Å². The fourth-order valence-electron chi connectivity index (χ4n) is 1.27. The van der Waals surface area contributed by atoms with Crippen LogP contribution in [0.5, 0.6) is 5.75 Å². The molecule has 0 fully saturated rings. The van der Waals surface area contributed by atoms with E-state index in [1.165, 1.54) is 0 Å². The molecule has 0 amide bonds. The maximum absolute atomic E-state index is 10.7. The largest absolute Gasteiger partial charge is 0.494 e. The van der Waals surface area contributed by atoms with E-state index in [1.54, 1.807) is 24.3 Å². The van der Waals surface area contributed by atoms with Gasteiger partial charge in [0.2, 0.25) is 0 Å². The van der Waals surface area contributed by atoms with Gasteiger partial charge < -0.3 is 15.6 Å². The Kier molecular flexibility index (Phi) is 4.64. The van der Waals surface area contributed by atoms with Gasteiger partial charge in [-0.1, -0.05) is 12.1 Å². The number of hydrogen-bond acceptors (Lipinski definition) is 4. The summed E-state index contributed by atoms with van der Waals surface area (Å²) in [6, 6.07) is 6.07. The molecule has 0 aliphatic heterocycles. The number of thiol groups is 1. The lowest BCUT2D eigenvalue weighted by atomic mass is 10.1. The maximum Gasteiger partial charge on any atom is 0.321 e. The number of ether oxygens (including phenoxy) is 1. The van der Waals surface area contributed by atoms with E-state index < -0.39 is 17.3 Å². The van der Waals surface area contributed by atoms with Gasteiger partial charge in [-0.2, -0.15) is 12.6 Å². The van der Waals surface area contributed by atoms with Crippen molar-refractivity contribution in [3.8, 4) is 5.75 Å². The monoisotopic (exact) mass is 241 g/mol. The molecule has 1 rings (SSSR count). The van der Waals surface area contributed by atoms with E-state index in [-0.39, 0.29) is 0 Å². The van der Waals surface area contributed by atoms with Crippen LogP contribution < -0.4 is 10.5 Å². The second kappa shape index (κ2) is 5.77. The maximum atomic E-state index is 10.7. The summed E-state index contributed by atoms with van der Waals surface area (Å²) in [7, 11) is 0. The lowest BCUT2D eigenvalue weighted by Crippen LogP contribution is -2.34. The number of hydrogen-bond donors (Lipinski definition) is 3. The summed E-state index contributed by atoms with van der Waals surface area (Å²) < 4.78 is 5.28. The van der Waals surface area contributed by atoms with Crippen LogP contribution in [0.1, 0.15) is 17.7 Å². The number of nitrogens with two attached hydrogens (primary N) is 1. The summed E-state index contributed by atoms with van der Waals surface area (Å²) in [5.41, 5.74) is 6.25. The average molecular weight is 241 g/mol. The van der Waals surface area contributed by atoms with Crippen LogP contribution in [0.4, 0.5) is 0 Å². The van der Waals surface area contributed by atoms with Crippen molar-refractivity contribution in [2.75, 3.05) is 6.61 Å². The first-order chi connectivity index (χ1) is 7.56. The molecule has 0 saturated carbocycles. The third-order valence-electron chi connectivity index (χ3n) is 2.16. The van der Waals surface area contributed by atoms with Crippen LogP contribution in [-0.4, -0.2) is 23.7 Å². The smallest absolute Gasteiger partial charge is 0.321 e. The highest BCUT2D eigenvalue weighted by atomic mass is 32.1. The average Bonchev–Trinajstić information content (AvgIpc) is 2.28. The molecule has 16 heavy (non-hydrogen) atoms. The highest BCUT2D eigenvalue weighted by Gasteiger charge is 2.22. The quantitative estimate of drug-likeness (QED) is 0.683. The fourth-order valence-corrected chi connectivity index (χ4v) is 1.57. The Morgan fingerprint density at radius 2 is 2.06 bits per heavy atom. The van der Waals surface area contributed by atoms with Crippen LogP contribution in [0.3, 0.4) is 0 Å². The Bertz CT molecular complexity index is 353. The van der Waals surface area contributed by atoms with Crippen LogP contribution in [-0.2, 0) is 4.79 Å². The summed E-state index contributed by atoms with van der Waals surface area (Å²) in [6.07, 6.45) is 0. The van der Waals surface area contributed by atoms with Gasteiger partial charge in [0.25, 0.3) is 0 Å². The summed E-state index contributed by atoms with van der Waals surface area (Å²) in [6.45, 7) is 2.49. The van der Waals surface area contributed by atoms with Crippen LogP contribution in [0.15, 0.2) is 24.3 Å². The molecule has 0 aliphatic rings. The summed E-state index contributed by atoms with van der Waals surface area (Å²) in [4.78, 5) is 10.7. The van der Waals surface area contributed by atoms with E-state index in [0.29, 0.717) is 6.61 Å². The van der Waals surface area contributed by atoms with E-state index in [0.717, 1.165) is 11.3 Å². The first kappa shape index (κ1) is 12.9. The number of carbonyl (C=O) groups is 1. The van der Waals surface area contributed by atoms with Gasteiger partial charge in [-0.25, -0.2) is 0 Å². The van der Waals surface area contributed by atoms with Gasteiger partial charge in [0.05, 0.1) is 11.9 Å². The molecular weight excluding hydrogens is 226 g/mol. The molecule has 0 heterocycles. The normalized spacial score (nSPS) is 14.2. The van der Waals surface area contributed by atoms with Crippen molar-refractivity contribution in [1.82, 2.24) is 0 Å². The molecule has 88 valence electrons. The third kappa shape index (κ3) is 3.15. The molecule has 2 unspecified atom stereocenters. The highest BCUT2D eigenvalue weighted by Crippen LogP contribution is 2.24. The van der Waals surface area contributed by atoms with E-state index >= 15 is 0 Å². The van der Waals surface area contributed by atoms with Crippen LogP contribution in [0, 0.1) is 0 Å². The molecule has 0 bridgehead atoms. The molecule has 2 atom stereocenters. The van der Waals surface area contributed by atoms with Crippen molar-refractivity contribution >= 4 is 18.6 Å². The summed E-state index contributed by atoms with van der Waals surface area (Å²) in [5, 5.41) is 8.23. The van der Waals surface area contributed by atoms with Gasteiger partial charge in [-0.15, -0.1) is 0 Å². The second-order valence-electron chi connectivity index (χ2n) is 3.31. The predicted octanol–water partition coefficient (Wildman–Crippen LogP) is 1.47. The molecule has 0 aromatic heterocycles.